The molecular formula is C30H34N4O7S2. The number of esters is 1. The summed E-state index contributed by atoms with van der Waals surface area (Å²) in [6.07, 6.45) is 1.95. The minimum absolute atomic E-state index is 0.0113. The molecule has 228 valence electrons. The summed E-state index contributed by atoms with van der Waals surface area (Å²) in [7, 11) is 1.53. The number of nitrogens with zero attached hydrogens (tertiary/aromatic N) is 2. The predicted octanol–water partition coefficient (Wildman–Crippen LogP) is 4.03. The first-order chi connectivity index (χ1) is 20.8. The van der Waals surface area contributed by atoms with Crippen LogP contribution in [0.25, 0.3) is 20.7 Å². The predicted molar refractivity (Wildman–Crippen MR) is 168 cm³/mol. The summed E-state index contributed by atoms with van der Waals surface area (Å²) in [6, 6.07) is 14.5. The van der Waals surface area contributed by atoms with Crippen molar-refractivity contribution >= 4 is 45.3 Å². The molecule has 0 saturated heterocycles. The number of thioether (sulfide) groups is 1. The number of hydrogen-bond donors (Lipinski definition) is 2. The molecule has 0 spiro atoms. The lowest BCUT2D eigenvalue weighted by atomic mass is 10.1. The Bertz CT molecular complexity index is 1710. The van der Waals surface area contributed by atoms with E-state index in [1.807, 2.05) is 42.7 Å². The van der Waals surface area contributed by atoms with Gasteiger partial charge >= 0.3 is 17.7 Å². The molecule has 0 aliphatic carbocycles. The summed E-state index contributed by atoms with van der Waals surface area (Å²) in [4.78, 5) is 55.0. The molecular weight excluding hydrogens is 592 g/mol. The topological polar surface area (TPSA) is 130 Å². The van der Waals surface area contributed by atoms with Gasteiger partial charge in [-0.2, -0.15) is 0 Å². The minimum atomic E-state index is -0.693. The van der Waals surface area contributed by atoms with Gasteiger partial charge in [0.2, 0.25) is 0 Å². The molecule has 13 heteroatoms. The number of fused-ring (bicyclic) bond motifs is 1. The Balaban J connectivity index is 1.98. The fourth-order valence-corrected chi connectivity index (χ4v) is 6.48. The standard InChI is InChI=1S/C30H34N4O7S2/c1-5-31-29(37)32-15-22-25-27(36)33(17-24(35)40-6-2)30(38)34(16-20-9-7-8-10-23(20)42-4)28(25)43-26(22)19-11-13-21(14-12-19)41-18-39-3/h7-14H,5-6,15-18H2,1-4H3,(H2,31,32,37). The van der Waals surface area contributed by atoms with E-state index in [2.05, 4.69) is 10.6 Å². The Morgan fingerprint density at radius 2 is 1.74 bits per heavy atom. The Kier molecular flexibility index (Phi) is 11.0. The summed E-state index contributed by atoms with van der Waals surface area (Å²) < 4.78 is 18.0. The molecule has 2 heterocycles. The van der Waals surface area contributed by atoms with E-state index in [1.54, 1.807) is 37.7 Å². The average molecular weight is 627 g/mol. The number of urea groups is 1. The third kappa shape index (κ3) is 7.29. The van der Waals surface area contributed by atoms with Crippen LogP contribution in [0.5, 0.6) is 5.75 Å². The average Bonchev–Trinajstić information content (AvgIpc) is 3.39. The molecule has 2 N–H and O–H groups in total. The summed E-state index contributed by atoms with van der Waals surface area (Å²) in [6.45, 7) is 3.73. The Labute approximate surface area is 256 Å². The fraction of sp³-hybridized carbons (Fsp3) is 0.333. The van der Waals surface area contributed by atoms with Crippen LogP contribution in [0.4, 0.5) is 4.79 Å². The van der Waals surface area contributed by atoms with Crippen molar-refractivity contribution in [2.75, 3.05) is 33.3 Å². The number of amides is 2. The normalized spacial score (nSPS) is 11.0. The molecule has 43 heavy (non-hydrogen) atoms. The number of nitrogens with one attached hydrogen (secondary N) is 2. The highest BCUT2D eigenvalue weighted by molar-refractivity contribution is 7.98. The van der Waals surface area contributed by atoms with Gasteiger partial charge in [-0.05, 0) is 61.6 Å². The van der Waals surface area contributed by atoms with Crippen LogP contribution in [-0.4, -0.2) is 54.4 Å². The smallest absolute Gasteiger partial charge is 0.332 e. The lowest BCUT2D eigenvalue weighted by molar-refractivity contribution is -0.143. The van der Waals surface area contributed by atoms with Crippen LogP contribution in [0.1, 0.15) is 25.0 Å². The van der Waals surface area contributed by atoms with Crippen LogP contribution in [0.3, 0.4) is 0 Å². The van der Waals surface area contributed by atoms with Crippen LogP contribution < -0.4 is 26.6 Å². The van der Waals surface area contributed by atoms with Crippen molar-refractivity contribution in [3.8, 4) is 16.2 Å². The number of methoxy groups -OCH3 is 1. The van der Waals surface area contributed by atoms with Crippen molar-refractivity contribution < 1.29 is 23.8 Å². The van der Waals surface area contributed by atoms with Crippen LogP contribution in [0.15, 0.2) is 63.0 Å². The molecule has 4 rings (SSSR count). The largest absolute Gasteiger partial charge is 0.468 e. The van der Waals surface area contributed by atoms with E-state index < -0.39 is 29.8 Å². The molecule has 2 aromatic carbocycles. The molecule has 11 nitrogen and oxygen atoms in total. The van der Waals surface area contributed by atoms with E-state index >= 15 is 0 Å². The zero-order valence-electron chi connectivity index (χ0n) is 24.4. The minimum Gasteiger partial charge on any atom is -0.468 e. The Morgan fingerprint density at radius 1 is 1.00 bits per heavy atom. The highest BCUT2D eigenvalue weighted by Crippen LogP contribution is 2.38. The number of thiophene rings is 1. The van der Waals surface area contributed by atoms with Gasteiger partial charge in [-0.1, -0.05) is 18.2 Å². The first-order valence-corrected chi connectivity index (χ1v) is 15.7. The van der Waals surface area contributed by atoms with Crippen LogP contribution in [0, 0.1) is 0 Å². The van der Waals surface area contributed by atoms with Gasteiger partial charge < -0.3 is 24.8 Å². The van der Waals surface area contributed by atoms with Gasteiger partial charge in [0.15, 0.2) is 6.79 Å². The third-order valence-electron chi connectivity index (χ3n) is 6.49. The van der Waals surface area contributed by atoms with E-state index in [0.29, 0.717) is 27.6 Å². The van der Waals surface area contributed by atoms with Gasteiger partial charge in [-0.15, -0.1) is 23.1 Å². The van der Waals surface area contributed by atoms with E-state index in [1.165, 1.54) is 23.0 Å². The molecule has 0 bridgehead atoms. The van der Waals surface area contributed by atoms with Crippen LogP contribution in [0.2, 0.25) is 0 Å². The number of ether oxygens (including phenoxy) is 3. The van der Waals surface area contributed by atoms with Gasteiger partial charge in [0.25, 0.3) is 5.56 Å². The second-order valence-electron chi connectivity index (χ2n) is 9.26. The van der Waals surface area contributed by atoms with Crippen molar-refractivity contribution in [1.82, 2.24) is 19.8 Å². The quantitative estimate of drug-likeness (QED) is 0.129. The highest BCUT2D eigenvalue weighted by atomic mass is 32.2. The van der Waals surface area contributed by atoms with Gasteiger partial charge in [-0.25, -0.2) is 14.2 Å². The maximum absolute atomic E-state index is 14.0. The lowest BCUT2D eigenvalue weighted by Gasteiger charge is -2.14. The molecule has 0 aliphatic heterocycles. The van der Waals surface area contributed by atoms with Crippen molar-refractivity contribution in [2.24, 2.45) is 0 Å². The molecule has 0 atom stereocenters. The van der Waals surface area contributed by atoms with E-state index in [9.17, 15) is 19.2 Å². The molecule has 0 fully saturated rings. The van der Waals surface area contributed by atoms with Crippen molar-refractivity contribution in [1.29, 1.82) is 0 Å². The monoisotopic (exact) mass is 626 g/mol. The van der Waals surface area contributed by atoms with Crippen LogP contribution in [-0.2, 0) is 33.9 Å². The molecule has 4 aromatic rings. The van der Waals surface area contributed by atoms with Gasteiger partial charge in [0.1, 0.15) is 17.1 Å². The molecule has 0 unspecified atom stereocenters. The molecule has 0 radical (unpaired) electrons. The number of hydrogen-bond acceptors (Lipinski definition) is 9. The van der Waals surface area contributed by atoms with Gasteiger partial charge in [-0.3, -0.25) is 14.2 Å². The molecule has 2 amide bonds. The van der Waals surface area contributed by atoms with E-state index in [4.69, 9.17) is 14.2 Å². The van der Waals surface area contributed by atoms with Crippen LogP contribution >= 0.6 is 23.1 Å². The first kappa shape index (κ1) is 31.9. The zero-order valence-corrected chi connectivity index (χ0v) is 26.1. The van der Waals surface area contributed by atoms with E-state index in [0.717, 1.165) is 20.6 Å². The Hall–Kier alpha value is -4.07. The highest BCUT2D eigenvalue weighted by Gasteiger charge is 2.25. The SMILES string of the molecule is CCNC(=O)NCc1c(-c2ccc(OCOC)cc2)sc2c1c(=O)n(CC(=O)OCC)c(=O)n2Cc1ccccc1SC. The summed E-state index contributed by atoms with van der Waals surface area (Å²) in [5.74, 6) is -0.0997. The number of carbonyl (C=O) groups excluding carboxylic acids is 2. The summed E-state index contributed by atoms with van der Waals surface area (Å²) >= 11 is 2.83. The molecule has 2 aromatic heterocycles. The number of carbonyl (C=O) groups is 2. The zero-order chi connectivity index (χ0) is 30.9. The van der Waals surface area contributed by atoms with E-state index in [-0.39, 0.29) is 31.9 Å². The molecule has 0 aliphatic rings. The summed E-state index contributed by atoms with van der Waals surface area (Å²) in [5.41, 5.74) is 0.930. The number of rotatable bonds is 13. The van der Waals surface area contributed by atoms with Crippen molar-refractivity contribution in [2.45, 2.75) is 38.4 Å². The number of aromatic nitrogens is 2. The fourth-order valence-electron chi connectivity index (χ4n) is 4.56. The van der Waals surface area contributed by atoms with Gasteiger partial charge in [0, 0.05) is 35.5 Å². The Morgan fingerprint density at radius 3 is 2.42 bits per heavy atom. The third-order valence-corrected chi connectivity index (χ3v) is 8.63. The maximum atomic E-state index is 14.0. The second-order valence-corrected chi connectivity index (χ2v) is 11.1. The lowest BCUT2D eigenvalue weighted by Crippen LogP contribution is -2.42. The number of benzene rings is 2. The van der Waals surface area contributed by atoms with Gasteiger partial charge in [0.05, 0.1) is 18.5 Å². The van der Waals surface area contributed by atoms with Crippen molar-refractivity contribution in [3.63, 3.8) is 0 Å². The summed E-state index contributed by atoms with van der Waals surface area (Å²) in [5, 5.41) is 5.77. The second kappa shape index (κ2) is 14.9. The first-order valence-electron chi connectivity index (χ1n) is 13.6. The van der Waals surface area contributed by atoms with Crippen molar-refractivity contribution in [3.05, 3.63) is 80.5 Å². The molecule has 0 saturated carbocycles. The maximum Gasteiger partial charge on any atom is 0.332 e.